The molecule has 2 nitrogen and oxygen atoms in total. The second-order valence-corrected chi connectivity index (χ2v) is 5.66. The number of aldehydes is 1. The molecular weight excluding hydrogens is 383 g/mol. The molecule has 0 atom stereocenters. The summed E-state index contributed by atoms with van der Waals surface area (Å²) >= 11 is 12.7. The fraction of sp³-hybridized carbons (Fsp3) is 0. The van der Waals surface area contributed by atoms with E-state index in [2.05, 4.69) is 31.9 Å². The van der Waals surface area contributed by atoms with Crippen LogP contribution in [0.1, 0.15) is 10.4 Å². The van der Waals surface area contributed by atoms with Crippen LogP contribution in [0.4, 0.5) is 0 Å². The van der Waals surface area contributed by atoms with Crippen LogP contribution in [0, 0.1) is 0 Å². The summed E-state index contributed by atoms with van der Waals surface area (Å²) < 4.78 is 7.46. The average Bonchev–Trinajstić information content (AvgIpc) is 2.33. The van der Waals surface area contributed by atoms with E-state index in [-0.39, 0.29) is 0 Å². The van der Waals surface area contributed by atoms with E-state index in [1.807, 2.05) is 18.2 Å². The zero-order chi connectivity index (χ0) is 13.1. The first-order chi connectivity index (χ1) is 8.60. The van der Waals surface area contributed by atoms with Crippen molar-refractivity contribution in [1.82, 2.24) is 0 Å². The molecule has 18 heavy (non-hydrogen) atoms. The highest BCUT2D eigenvalue weighted by molar-refractivity contribution is 9.11. The van der Waals surface area contributed by atoms with Crippen LogP contribution < -0.4 is 4.74 Å². The number of rotatable bonds is 3. The number of halogens is 3. The summed E-state index contributed by atoms with van der Waals surface area (Å²) in [6.45, 7) is 0. The first kappa shape index (κ1) is 13.6. The number of benzene rings is 2. The third-order valence-corrected chi connectivity index (χ3v) is 3.66. The van der Waals surface area contributed by atoms with Gasteiger partial charge in [0.1, 0.15) is 11.5 Å². The minimum atomic E-state index is 0.371. The zero-order valence-corrected chi connectivity index (χ0v) is 12.9. The molecule has 0 bridgehead atoms. The predicted octanol–water partition coefficient (Wildman–Crippen LogP) is 5.47. The molecule has 5 heteroatoms. The zero-order valence-electron chi connectivity index (χ0n) is 8.99. The minimum Gasteiger partial charge on any atom is -0.456 e. The van der Waals surface area contributed by atoms with Crippen LogP contribution in [-0.4, -0.2) is 6.29 Å². The van der Waals surface area contributed by atoms with Crippen LogP contribution in [-0.2, 0) is 0 Å². The highest BCUT2D eigenvalue weighted by atomic mass is 79.9. The first-order valence-electron chi connectivity index (χ1n) is 4.98. The first-order valence-corrected chi connectivity index (χ1v) is 6.94. The van der Waals surface area contributed by atoms with Crippen molar-refractivity contribution in [2.24, 2.45) is 0 Å². The van der Waals surface area contributed by atoms with Crippen molar-refractivity contribution in [3.63, 3.8) is 0 Å². The van der Waals surface area contributed by atoms with Crippen LogP contribution in [0.5, 0.6) is 11.5 Å². The van der Waals surface area contributed by atoms with E-state index in [1.54, 1.807) is 18.2 Å². The summed E-state index contributed by atoms with van der Waals surface area (Å²) in [6, 6.07) is 10.5. The van der Waals surface area contributed by atoms with E-state index in [1.165, 1.54) is 0 Å². The van der Waals surface area contributed by atoms with Gasteiger partial charge in [0.2, 0.25) is 0 Å². The Morgan fingerprint density at radius 1 is 1.11 bits per heavy atom. The number of hydrogen-bond donors (Lipinski definition) is 0. The molecule has 92 valence electrons. The molecule has 0 aromatic heterocycles. The third-order valence-electron chi connectivity index (χ3n) is 2.22. The lowest BCUT2D eigenvalue weighted by Gasteiger charge is -2.08. The summed E-state index contributed by atoms with van der Waals surface area (Å²) in [5.41, 5.74) is 0.443. The van der Waals surface area contributed by atoms with Gasteiger partial charge < -0.3 is 4.74 Å². The summed E-state index contributed by atoms with van der Waals surface area (Å²) in [7, 11) is 0. The molecule has 0 saturated heterocycles. The molecule has 0 fully saturated rings. The Kier molecular flexibility index (Phi) is 4.43. The molecule has 2 aromatic rings. The van der Waals surface area contributed by atoms with Gasteiger partial charge >= 0.3 is 0 Å². The maximum atomic E-state index is 10.7. The second kappa shape index (κ2) is 5.87. The normalized spacial score (nSPS) is 10.2. The monoisotopic (exact) mass is 388 g/mol. The number of hydrogen-bond acceptors (Lipinski definition) is 2. The van der Waals surface area contributed by atoms with Gasteiger partial charge in [-0.3, -0.25) is 4.79 Å². The summed E-state index contributed by atoms with van der Waals surface area (Å²) in [4.78, 5) is 10.7. The fourth-order valence-electron chi connectivity index (χ4n) is 1.35. The number of carbonyl (C=O) groups excluding carboxylic acids is 1. The van der Waals surface area contributed by atoms with Crippen LogP contribution in [0.3, 0.4) is 0 Å². The second-order valence-electron chi connectivity index (χ2n) is 3.48. The van der Waals surface area contributed by atoms with Crippen molar-refractivity contribution < 1.29 is 9.53 Å². The third kappa shape index (κ3) is 3.13. The van der Waals surface area contributed by atoms with Crippen LogP contribution in [0.2, 0.25) is 5.02 Å². The van der Waals surface area contributed by atoms with E-state index in [4.69, 9.17) is 16.3 Å². The van der Waals surface area contributed by atoms with Gasteiger partial charge in [-0.1, -0.05) is 27.5 Å². The Morgan fingerprint density at radius 3 is 2.50 bits per heavy atom. The van der Waals surface area contributed by atoms with Crippen molar-refractivity contribution in [2.75, 3.05) is 0 Å². The van der Waals surface area contributed by atoms with E-state index < -0.39 is 0 Å². The molecule has 0 N–H and O–H groups in total. The van der Waals surface area contributed by atoms with Gasteiger partial charge in [0.05, 0.1) is 9.50 Å². The van der Waals surface area contributed by atoms with Gasteiger partial charge in [0.25, 0.3) is 0 Å². The highest BCUT2D eigenvalue weighted by Gasteiger charge is 2.06. The molecule has 0 aliphatic rings. The smallest absolute Gasteiger partial charge is 0.151 e. The van der Waals surface area contributed by atoms with E-state index >= 15 is 0 Å². The SMILES string of the molecule is O=Cc1ccc(Oc2ccc(Br)cc2Br)cc1Cl. The summed E-state index contributed by atoms with van der Waals surface area (Å²) in [6.07, 6.45) is 0.710. The molecule has 2 rings (SSSR count). The quantitative estimate of drug-likeness (QED) is 0.650. The number of carbonyl (C=O) groups is 1. The van der Waals surface area contributed by atoms with Gasteiger partial charge in [-0.05, 0) is 46.3 Å². The maximum Gasteiger partial charge on any atom is 0.151 e. The summed E-state index contributed by atoms with van der Waals surface area (Å²) in [5, 5.41) is 0.371. The van der Waals surface area contributed by atoms with E-state index in [0.717, 1.165) is 8.95 Å². The van der Waals surface area contributed by atoms with E-state index in [9.17, 15) is 4.79 Å². The Labute approximate surface area is 126 Å². The van der Waals surface area contributed by atoms with Crippen molar-refractivity contribution in [3.8, 4) is 11.5 Å². The molecule has 0 aliphatic heterocycles. The topological polar surface area (TPSA) is 26.3 Å². The number of ether oxygens (including phenoxy) is 1. The molecule has 0 spiro atoms. The average molecular weight is 390 g/mol. The molecule has 0 radical (unpaired) electrons. The molecule has 0 saturated carbocycles. The van der Waals surface area contributed by atoms with Crippen molar-refractivity contribution in [2.45, 2.75) is 0 Å². The van der Waals surface area contributed by atoms with Crippen molar-refractivity contribution >= 4 is 49.7 Å². The van der Waals surface area contributed by atoms with Crippen LogP contribution in [0.15, 0.2) is 45.3 Å². The Hall–Kier alpha value is -0.840. The molecule has 0 unspecified atom stereocenters. The minimum absolute atomic E-state index is 0.371. The standard InChI is InChI=1S/C13H7Br2ClO2/c14-9-2-4-13(11(15)5-9)18-10-3-1-8(7-17)12(16)6-10/h1-7H. The van der Waals surface area contributed by atoms with Crippen LogP contribution in [0.25, 0.3) is 0 Å². The van der Waals surface area contributed by atoms with Crippen LogP contribution >= 0.6 is 43.5 Å². The highest BCUT2D eigenvalue weighted by Crippen LogP contribution is 2.33. The molecular formula is C13H7Br2ClO2. The molecule has 0 aliphatic carbocycles. The Balaban J connectivity index is 2.28. The lowest BCUT2D eigenvalue weighted by atomic mass is 10.2. The molecule has 2 aromatic carbocycles. The lowest BCUT2D eigenvalue weighted by molar-refractivity contribution is 0.112. The Morgan fingerprint density at radius 2 is 1.89 bits per heavy atom. The van der Waals surface area contributed by atoms with Gasteiger partial charge in [-0.2, -0.15) is 0 Å². The maximum absolute atomic E-state index is 10.7. The van der Waals surface area contributed by atoms with Crippen molar-refractivity contribution in [1.29, 1.82) is 0 Å². The van der Waals surface area contributed by atoms with Crippen molar-refractivity contribution in [3.05, 3.63) is 55.9 Å². The molecule has 0 amide bonds. The van der Waals surface area contributed by atoms with Gasteiger partial charge in [0, 0.05) is 16.1 Å². The lowest BCUT2D eigenvalue weighted by Crippen LogP contribution is -1.88. The van der Waals surface area contributed by atoms with Gasteiger partial charge in [0.15, 0.2) is 6.29 Å². The van der Waals surface area contributed by atoms with Gasteiger partial charge in [-0.15, -0.1) is 0 Å². The fourth-order valence-corrected chi connectivity index (χ4v) is 2.69. The Bertz CT molecular complexity index is 600. The largest absolute Gasteiger partial charge is 0.456 e. The molecule has 0 heterocycles. The predicted molar refractivity (Wildman–Crippen MR) is 78.8 cm³/mol. The summed E-state index contributed by atoms with van der Waals surface area (Å²) in [5.74, 6) is 1.25. The van der Waals surface area contributed by atoms with E-state index in [0.29, 0.717) is 28.4 Å². The van der Waals surface area contributed by atoms with Gasteiger partial charge in [-0.25, -0.2) is 0 Å².